The molecule has 4 N–H and O–H groups in total. The molecule has 0 saturated heterocycles. The van der Waals surface area contributed by atoms with E-state index >= 15 is 0 Å². The van der Waals surface area contributed by atoms with E-state index in [4.69, 9.17) is 5.73 Å². The predicted octanol–water partition coefficient (Wildman–Crippen LogP) is 4.26. The van der Waals surface area contributed by atoms with Crippen LogP contribution in [-0.4, -0.2) is 49.6 Å². The van der Waals surface area contributed by atoms with Crippen molar-refractivity contribution in [1.29, 1.82) is 0 Å². The number of nitrogens with one attached hydrogen (secondary N) is 2. The van der Waals surface area contributed by atoms with Crippen LogP contribution in [0.25, 0.3) is 16.9 Å². The Kier molecular flexibility index (Phi) is 7.90. The number of alkyl halides is 5. The van der Waals surface area contributed by atoms with Gasteiger partial charge in [0.1, 0.15) is 6.54 Å². The minimum atomic E-state index is -4.87. The Hall–Kier alpha value is -4.07. The topological polar surface area (TPSA) is 115 Å². The average Bonchev–Trinajstić information content (AvgIpc) is 3.48. The van der Waals surface area contributed by atoms with E-state index in [1.807, 2.05) is 6.92 Å². The molecule has 0 aliphatic carbocycles. The van der Waals surface area contributed by atoms with Gasteiger partial charge in [0.25, 0.3) is 12.3 Å². The lowest BCUT2D eigenvalue weighted by atomic mass is 10.0. The molecule has 3 heterocycles. The average molecular weight is 537 g/mol. The van der Waals surface area contributed by atoms with Crippen LogP contribution in [0.15, 0.2) is 43.0 Å². The molecule has 0 aliphatic heterocycles. The SMILES string of the molecule is CCc1cc(Nc2nccn3c(-c4cn(CC(F)F)nc4C(F)(F)F)cnc23)ccc1C(=O)NCCCN. The van der Waals surface area contributed by atoms with E-state index in [9.17, 15) is 26.7 Å². The molecule has 0 radical (unpaired) electrons. The van der Waals surface area contributed by atoms with Crippen molar-refractivity contribution in [2.75, 3.05) is 18.4 Å². The van der Waals surface area contributed by atoms with Crippen molar-refractivity contribution in [3.8, 4) is 11.3 Å². The molecule has 0 aliphatic rings. The molecule has 4 aromatic rings. The van der Waals surface area contributed by atoms with Crippen LogP contribution in [0.3, 0.4) is 0 Å². The van der Waals surface area contributed by atoms with Crippen LogP contribution < -0.4 is 16.4 Å². The summed E-state index contributed by atoms with van der Waals surface area (Å²) >= 11 is 0. The molecule has 0 saturated carbocycles. The van der Waals surface area contributed by atoms with Gasteiger partial charge in [-0.2, -0.15) is 18.3 Å². The van der Waals surface area contributed by atoms with E-state index in [0.29, 0.717) is 41.9 Å². The van der Waals surface area contributed by atoms with Crippen LogP contribution in [0.5, 0.6) is 0 Å². The standard InChI is InChI=1S/C24H25F5N8O/c1-2-14-10-15(4-5-16(14)23(38)32-7-3-6-30)34-21-22-33-11-18(37(22)9-8-31-21)17-12-36(13-19(25)26)35-20(17)24(27,28)29/h4-5,8-12,19H,2-3,6-7,13,30H2,1H3,(H,31,34)(H,32,38). The lowest BCUT2D eigenvalue weighted by molar-refractivity contribution is -0.141. The molecule has 0 atom stereocenters. The predicted molar refractivity (Wildman–Crippen MR) is 130 cm³/mol. The first kappa shape index (κ1) is 27.0. The Morgan fingerprint density at radius 3 is 2.68 bits per heavy atom. The third-order valence-electron chi connectivity index (χ3n) is 5.72. The summed E-state index contributed by atoms with van der Waals surface area (Å²) in [6, 6.07) is 5.13. The molecule has 1 amide bonds. The second-order valence-corrected chi connectivity index (χ2v) is 8.36. The number of rotatable bonds is 10. The maximum Gasteiger partial charge on any atom is 0.435 e. The zero-order chi connectivity index (χ0) is 27.4. The second kappa shape index (κ2) is 11.1. The number of benzene rings is 1. The van der Waals surface area contributed by atoms with Gasteiger partial charge in [0.2, 0.25) is 0 Å². The Balaban J connectivity index is 1.67. The van der Waals surface area contributed by atoms with E-state index < -0.39 is 24.8 Å². The minimum absolute atomic E-state index is 0.0111. The number of amides is 1. The third kappa shape index (κ3) is 5.74. The molecule has 3 aromatic heterocycles. The van der Waals surface area contributed by atoms with Crippen molar-refractivity contribution in [3.05, 3.63) is 59.8 Å². The van der Waals surface area contributed by atoms with Crippen LogP contribution >= 0.6 is 0 Å². The summed E-state index contributed by atoms with van der Waals surface area (Å²) in [5.41, 5.74) is 5.89. The summed E-state index contributed by atoms with van der Waals surface area (Å²) in [6.07, 6.45) is -1.59. The first-order valence-electron chi connectivity index (χ1n) is 11.8. The fraction of sp³-hybridized carbons (Fsp3) is 0.333. The van der Waals surface area contributed by atoms with Crippen molar-refractivity contribution in [2.24, 2.45) is 5.73 Å². The van der Waals surface area contributed by atoms with Crippen LogP contribution in [0.4, 0.5) is 33.5 Å². The normalized spacial score (nSPS) is 11.9. The molecule has 202 valence electrons. The summed E-state index contributed by atoms with van der Waals surface area (Å²) in [6.45, 7) is 1.86. The van der Waals surface area contributed by atoms with Gasteiger partial charge in [-0.3, -0.25) is 13.9 Å². The number of fused-ring (bicyclic) bond motifs is 1. The highest BCUT2D eigenvalue weighted by atomic mass is 19.4. The Labute approximate surface area is 213 Å². The highest BCUT2D eigenvalue weighted by Gasteiger charge is 2.38. The Morgan fingerprint density at radius 2 is 2.00 bits per heavy atom. The molecule has 38 heavy (non-hydrogen) atoms. The lowest BCUT2D eigenvalue weighted by Crippen LogP contribution is -2.26. The van der Waals surface area contributed by atoms with E-state index in [1.165, 1.54) is 23.0 Å². The van der Waals surface area contributed by atoms with Crippen molar-refractivity contribution in [2.45, 2.75) is 38.9 Å². The molecule has 1 aromatic carbocycles. The summed E-state index contributed by atoms with van der Waals surface area (Å²) in [4.78, 5) is 21.0. The maximum absolute atomic E-state index is 13.7. The molecular weight excluding hydrogens is 511 g/mol. The zero-order valence-corrected chi connectivity index (χ0v) is 20.3. The largest absolute Gasteiger partial charge is 0.435 e. The smallest absolute Gasteiger partial charge is 0.352 e. The number of hydrogen-bond acceptors (Lipinski definition) is 6. The number of halogens is 5. The number of imidazole rings is 1. The summed E-state index contributed by atoms with van der Waals surface area (Å²) in [7, 11) is 0. The second-order valence-electron chi connectivity index (χ2n) is 8.36. The van der Waals surface area contributed by atoms with Gasteiger partial charge in [-0.1, -0.05) is 6.92 Å². The molecule has 0 bridgehead atoms. The monoisotopic (exact) mass is 536 g/mol. The van der Waals surface area contributed by atoms with Crippen LogP contribution in [0, 0.1) is 0 Å². The van der Waals surface area contributed by atoms with Crippen molar-refractivity contribution >= 4 is 23.1 Å². The van der Waals surface area contributed by atoms with Crippen LogP contribution in [-0.2, 0) is 19.1 Å². The lowest BCUT2D eigenvalue weighted by Gasteiger charge is -2.13. The molecular formula is C24H25F5N8O. The van der Waals surface area contributed by atoms with Gasteiger partial charge < -0.3 is 16.4 Å². The molecule has 0 unspecified atom stereocenters. The molecule has 0 fully saturated rings. The highest BCUT2D eigenvalue weighted by Crippen LogP contribution is 2.37. The summed E-state index contributed by atoms with van der Waals surface area (Å²) < 4.78 is 68.5. The highest BCUT2D eigenvalue weighted by molar-refractivity contribution is 5.96. The fourth-order valence-corrected chi connectivity index (χ4v) is 3.98. The van der Waals surface area contributed by atoms with E-state index in [0.717, 1.165) is 11.8 Å². The minimum Gasteiger partial charge on any atom is -0.352 e. The zero-order valence-electron chi connectivity index (χ0n) is 20.3. The van der Waals surface area contributed by atoms with Crippen LogP contribution in [0.2, 0.25) is 0 Å². The maximum atomic E-state index is 13.7. The number of nitrogens with two attached hydrogens (primary N) is 1. The number of nitrogens with zero attached hydrogens (tertiary/aromatic N) is 5. The molecule has 9 nitrogen and oxygen atoms in total. The number of carbonyl (C=O) groups excluding carboxylic acids is 1. The number of carbonyl (C=O) groups is 1. The fourth-order valence-electron chi connectivity index (χ4n) is 3.98. The first-order valence-corrected chi connectivity index (χ1v) is 11.8. The van der Waals surface area contributed by atoms with Gasteiger partial charge in [0, 0.05) is 36.4 Å². The van der Waals surface area contributed by atoms with E-state index in [2.05, 4.69) is 25.7 Å². The van der Waals surface area contributed by atoms with Gasteiger partial charge in [-0.05, 0) is 43.1 Å². The number of aromatic nitrogens is 5. The number of anilines is 2. The van der Waals surface area contributed by atoms with Gasteiger partial charge in [0.15, 0.2) is 17.2 Å². The van der Waals surface area contributed by atoms with Crippen LogP contribution in [0.1, 0.15) is 35.0 Å². The van der Waals surface area contributed by atoms with Gasteiger partial charge in [-0.25, -0.2) is 18.7 Å². The van der Waals surface area contributed by atoms with Gasteiger partial charge >= 0.3 is 6.18 Å². The molecule has 14 heteroatoms. The Bertz CT molecular complexity index is 1430. The van der Waals surface area contributed by atoms with E-state index in [-0.39, 0.29) is 28.6 Å². The molecule has 0 spiro atoms. The quantitative estimate of drug-likeness (QED) is 0.206. The number of aryl methyl sites for hydroxylation is 1. The molecule has 4 rings (SSSR count). The van der Waals surface area contributed by atoms with Crippen molar-refractivity contribution < 1.29 is 26.7 Å². The van der Waals surface area contributed by atoms with Gasteiger partial charge in [-0.15, -0.1) is 0 Å². The van der Waals surface area contributed by atoms with Gasteiger partial charge in [0.05, 0.1) is 17.5 Å². The first-order chi connectivity index (χ1) is 18.1. The summed E-state index contributed by atoms with van der Waals surface area (Å²) in [5.74, 6) is 0.0299. The van der Waals surface area contributed by atoms with Crippen molar-refractivity contribution in [3.63, 3.8) is 0 Å². The third-order valence-corrected chi connectivity index (χ3v) is 5.72. The number of hydrogen-bond donors (Lipinski definition) is 3. The Morgan fingerprint density at radius 1 is 1.21 bits per heavy atom. The van der Waals surface area contributed by atoms with E-state index in [1.54, 1.807) is 18.2 Å². The summed E-state index contributed by atoms with van der Waals surface area (Å²) in [5, 5.41) is 9.26. The van der Waals surface area contributed by atoms with Crippen molar-refractivity contribution in [1.82, 2.24) is 29.5 Å².